The summed E-state index contributed by atoms with van der Waals surface area (Å²) in [6.07, 6.45) is 0. The van der Waals surface area contributed by atoms with Crippen molar-refractivity contribution >= 4 is 17.4 Å². The highest BCUT2D eigenvalue weighted by molar-refractivity contribution is 5.90. The number of aryl methyl sites for hydroxylation is 1. The average Bonchev–Trinajstić information content (AvgIpc) is 2.32. The molecule has 0 saturated carbocycles. The van der Waals surface area contributed by atoms with Crippen molar-refractivity contribution < 1.29 is 4.79 Å². The van der Waals surface area contributed by atoms with Gasteiger partial charge in [-0.1, -0.05) is 6.07 Å². The number of urea groups is 1. The number of benzene rings is 1. The quantitative estimate of drug-likeness (QED) is 0.890. The van der Waals surface area contributed by atoms with E-state index in [0.717, 1.165) is 11.4 Å². The van der Waals surface area contributed by atoms with Crippen molar-refractivity contribution in [2.45, 2.75) is 20.8 Å². The lowest BCUT2D eigenvalue weighted by molar-refractivity contribution is 0.217. The molecule has 4 nitrogen and oxygen atoms in total. The Kier molecular flexibility index (Phi) is 5.01. The van der Waals surface area contributed by atoms with E-state index in [4.69, 9.17) is 0 Å². The minimum absolute atomic E-state index is 0.0476. The van der Waals surface area contributed by atoms with Crippen LogP contribution in [0.5, 0.6) is 0 Å². The van der Waals surface area contributed by atoms with Crippen molar-refractivity contribution in [3.63, 3.8) is 0 Å². The lowest BCUT2D eigenvalue weighted by atomic mass is 10.1. The number of hydrogen-bond acceptors (Lipinski definition) is 2. The third-order valence-corrected chi connectivity index (χ3v) is 2.99. The van der Waals surface area contributed by atoms with Gasteiger partial charge in [0.15, 0.2) is 0 Å². The minimum Gasteiger partial charge on any atom is -0.377 e. The maximum Gasteiger partial charge on any atom is 0.321 e. The van der Waals surface area contributed by atoms with Crippen LogP contribution in [0.2, 0.25) is 0 Å². The van der Waals surface area contributed by atoms with Gasteiger partial charge >= 0.3 is 6.03 Å². The summed E-state index contributed by atoms with van der Waals surface area (Å²) in [6, 6.07) is 5.90. The molecule has 1 aromatic carbocycles. The van der Waals surface area contributed by atoms with Gasteiger partial charge in [-0.25, -0.2) is 4.79 Å². The zero-order chi connectivity index (χ0) is 13.7. The van der Waals surface area contributed by atoms with Crippen LogP contribution in [0.4, 0.5) is 16.2 Å². The van der Waals surface area contributed by atoms with Gasteiger partial charge in [-0.2, -0.15) is 0 Å². The van der Waals surface area contributed by atoms with E-state index in [-0.39, 0.29) is 6.03 Å². The molecule has 0 spiro atoms. The zero-order valence-electron chi connectivity index (χ0n) is 11.9. The third-order valence-electron chi connectivity index (χ3n) is 2.99. The van der Waals surface area contributed by atoms with Crippen LogP contribution in [-0.2, 0) is 0 Å². The minimum atomic E-state index is -0.0476. The number of nitrogens with one attached hydrogen (secondary N) is 1. The van der Waals surface area contributed by atoms with E-state index in [9.17, 15) is 4.79 Å². The molecule has 0 unspecified atom stereocenters. The summed E-state index contributed by atoms with van der Waals surface area (Å²) in [5.74, 6) is 0. The lowest BCUT2D eigenvalue weighted by Crippen LogP contribution is -2.34. The zero-order valence-corrected chi connectivity index (χ0v) is 11.9. The van der Waals surface area contributed by atoms with E-state index in [2.05, 4.69) is 12.2 Å². The average molecular weight is 249 g/mol. The second-order valence-electron chi connectivity index (χ2n) is 4.50. The Balaban J connectivity index is 2.85. The van der Waals surface area contributed by atoms with Crippen LogP contribution < -0.4 is 10.2 Å². The van der Waals surface area contributed by atoms with E-state index in [1.54, 1.807) is 4.90 Å². The smallest absolute Gasteiger partial charge is 0.321 e. The monoisotopic (exact) mass is 249 g/mol. The van der Waals surface area contributed by atoms with Crippen LogP contribution in [0.3, 0.4) is 0 Å². The van der Waals surface area contributed by atoms with E-state index < -0.39 is 0 Å². The molecule has 0 aliphatic heterocycles. The standard InChI is InChI=1S/C14H23N3O/c1-6-17(7-2)14(18)15-12-9-8-11(3)13(10-12)16(4)5/h8-10H,6-7H2,1-5H3,(H,15,18). The van der Waals surface area contributed by atoms with Crippen LogP contribution in [-0.4, -0.2) is 38.1 Å². The molecule has 0 heterocycles. The first-order valence-electron chi connectivity index (χ1n) is 6.33. The Morgan fingerprint density at radius 1 is 1.22 bits per heavy atom. The molecule has 0 aliphatic carbocycles. The third kappa shape index (κ3) is 3.39. The van der Waals surface area contributed by atoms with Gasteiger partial charge in [0.25, 0.3) is 0 Å². The molecular weight excluding hydrogens is 226 g/mol. The molecule has 1 N–H and O–H groups in total. The van der Waals surface area contributed by atoms with Gasteiger partial charge < -0.3 is 15.1 Å². The fourth-order valence-electron chi connectivity index (χ4n) is 1.88. The summed E-state index contributed by atoms with van der Waals surface area (Å²) < 4.78 is 0. The highest BCUT2D eigenvalue weighted by atomic mass is 16.2. The fourth-order valence-corrected chi connectivity index (χ4v) is 1.88. The van der Waals surface area contributed by atoms with Crippen LogP contribution in [0.15, 0.2) is 18.2 Å². The Labute approximate surface area is 110 Å². The second kappa shape index (κ2) is 6.28. The largest absolute Gasteiger partial charge is 0.377 e. The van der Waals surface area contributed by atoms with Gasteiger partial charge in [-0.05, 0) is 38.5 Å². The molecule has 0 aliphatic rings. The molecule has 0 bridgehead atoms. The predicted octanol–water partition coefficient (Wildman–Crippen LogP) is 2.93. The van der Waals surface area contributed by atoms with Crippen LogP contribution in [0, 0.1) is 6.92 Å². The number of anilines is 2. The molecule has 1 rings (SSSR count). The Morgan fingerprint density at radius 2 is 1.83 bits per heavy atom. The Morgan fingerprint density at radius 3 is 2.33 bits per heavy atom. The Hall–Kier alpha value is -1.71. The summed E-state index contributed by atoms with van der Waals surface area (Å²) in [7, 11) is 4.00. The van der Waals surface area contributed by atoms with Crippen molar-refractivity contribution in [2.24, 2.45) is 0 Å². The van der Waals surface area contributed by atoms with E-state index in [1.807, 2.05) is 51.0 Å². The van der Waals surface area contributed by atoms with E-state index in [0.29, 0.717) is 13.1 Å². The first-order valence-corrected chi connectivity index (χ1v) is 6.33. The summed E-state index contributed by atoms with van der Waals surface area (Å²) in [5, 5.41) is 2.93. The first-order chi connectivity index (χ1) is 8.49. The van der Waals surface area contributed by atoms with Gasteiger partial charge in [-0.3, -0.25) is 0 Å². The van der Waals surface area contributed by atoms with Crippen molar-refractivity contribution in [1.29, 1.82) is 0 Å². The molecule has 0 fully saturated rings. The van der Waals surface area contributed by atoms with Gasteiger partial charge in [0.05, 0.1) is 0 Å². The predicted molar refractivity (Wildman–Crippen MR) is 77.4 cm³/mol. The summed E-state index contributed by atoms with van der Waals surface area (Å²) >= 11 is 0. The molecule has 0 saturated heterocycles. The second-order valence-corrected chi connectivity index (χ2v) is 4.50. The summed E-state index contributed by atoms with van der Waals surface area (Å²) in [6.45, 7) is 7.45. The maximum atomic E-state index is 11.9. The van der Waals surface area contributed by atoms with Crippen LogP contribution in [0.25, 0.3) is 0 Å². The van der Waals surface area contributed by atoms with Crippen molar-refractivity contribution in [1.82, 2.24) is 4.90 Å². The number of carbonyl (C=O) groups is 1. The summed E-state index contributed by atoms with van der Waals surface area (Å²) in [4.78, 5) is 15.7. The van der Waals surface area contributed by atoms with E-state index in [1.165, 1.54) is 5.56 Å². The van der Waals surface area contributed by atoms with Crippen molar-refractivity contribution in [2.75, 3.05) is 37.4 Å². The highest BCUT2D eigenvalue weighted by Crippen LogP contribution is 2.22. The molecular formula is C14H23N3O. The first kappa shape index (κ1) is 14.4. The SMILES string of the molecule is CCN(CC)C(=O)Nc1ccc(C)c(N(C)C)c1. The molecule has 18 heavy (non-hydrogen) atoms. The molecule has 0 radical (unpaired) electrons. The number of hydrogen-bond donors (Lipinski definition) is 1. The van der Waals surface area contributed by atoms with Crippen molar-refractivity contribution in [3.8, 4) is 0 Å². The molecule has 100 valence electrons. The van der Waals surface area contributed by atoms with Gasteiger partial charge in [0, 0.05) is 38.6 Å². The van der Waals surface area contributed by atoms with Crippen LogP contribution >= 0.6 is 0 Å². The van der Waals surface area contributed by atoms with Gasteiger partial charge in [-0.15, -0.1) is 0 Å². The van der Waals surface area contributed by atoms with E-state index >= 15 is 0 Å². The Bertz CT molecular complexity index is 412. The highest BCUT2D eigenvalue weighted by Gasteiger charge is 2.10. The van der Waals surface area contributed by atoms with Crippen LogP contribution in [0.1, 0.15) is 19.4 Å². The molecule has 2 amide bonds. The lowest BCUT2D eigenvalue weighted by Gasteiger charge is -2.21. The van der Waals surface area contributed by atoms with Crippen molar-refractivity contribution in [3.05, 3.63) is 23.8 Å². The fraction of sp³-hybridized carbons (Fsp3) is 0.500. The van der Waals surface area contributed by atoms with Gasteiger partial charge in [0.1, 0.15) is 0 Å². The number of rotatable bonds is 4. The molecule has 0 aromatic heterocycles. The normalized spacial score (nSPS) is 10.1. The summed E-state index contributed by atoms with van der Waals surface area (Å²) in [5.41, 5.74) is 3.15. The molecule has 1 aromatic rings. The maximum absolute atomic E-state index is 11.9. The molecule has 0 atom stereocenters. The molecule has 4 heteroatoms. The number of nitrogens with zero attached hydrogens (tertiary/aromatic N) is 2. The number of carbonyl (C=O) groups excluding carboxylic acids is 1. The number of amides is 2. The van der Waals surface area contributed by atoms with Gasteiger partial charge in [0.2, 0.25) is 0 Å². The topological polar surface area (TPSA) is 35.6 Å².